The van der Waals surface area contributed by atoms with Crippen LogP contribution in [0, 0.1) is 6.92 Å². The number of ether oxygens (including phenoxy) is 1. The van der Waals surface area contributed by atoms with Gasteiger partial charge in [-0.25, -0.2) is 4.98 Å². The molecule has 0 spiro atoms. The number of hydrogen-bond acceptors (Lipinski definition) is 5. The van der Waals surface area contributed by atoms with E-state index < -0.39 is 0 Å². The molecule has 0 aliphatic heterocycles. The highest BCUT2D eigenvalue weighted by Crippen LogP contribution is 2.36. The van der Waals surface area contributed by atoms with Crippen LogP contribution >= 0.6 is 22.9 Å². The van der Waals surface area contributed by atoms with Crippen LogP contribution in [0.25, 0.3) is 10.2 Å². The maximum atomic E-state index is 12.6. The van der Waals surface area contributed by atoms with Gasteiger partial charge in [-0.1, -0.05) is 11.6 Å². The fourth-order valence-corrected chi connectivity index (χ4v) is 3.70. The van der Waals surface area contributed by atoms with Gasteiger partial charge in [0.2, 0.25) is 0 Å². The number of hydrogen-bond donors (Lipinski definition) is 2. The fourth-order valence-electron chi connectivity index (χ4n) is 2.50. The first-order valence-electron chi connectivity index (χ1n) is 7.24. The van der Waals surface area contributed by atoms with E-state index in [1.807, 2.05) is 13.0 Å². The van der Waals surface area contributed by atoms with Gasteiger partial charge < -0.3 is 15.8 Å². The zero-order chi connectivity index (χ0) is 17.3. The highest BCUT2D eigenvalue weighted by atomic mass is 35.5. The number of nitrogens with two attached hydrogens (primary N) is 1. The monoisotopic (exact) mass is 361 g/mol. The minimum absolute atomic E-state index is 0.265. The number of nitrogens with zero attached hydrogens (tertiary/aromatic N) is 1. The Bertz CT molecular complexity index is 906. The predicted molar refractivity (Wildman–Crippen MR) is 98.9 cm³/mol. The van der Waals surface area contributed by atoms with Crippen LogP contribution in [0.1, 0.15) is 20.9 Å². The van der Waals surface area contributed by atoms with Crippen LogP contribution in [0.5, 0.6) is 0 Å². The predicted octanol–water partition coefficient (Wildman–Crippen LogP) is 4.24. The molecule has 0 aliphatic rings. The Morgan fingerprint density at radius 1 is 1.38 bits per heavy atom. The number of pyridine rings is 1. The molecule has 0 fully saturated rings. The molecule has 0 saturated carbocycles. The zero-order valence-corrected chi connectivity index (χ0v) is 14.8. The third-order valence-corrected chi connectivity index (χ3v) is 4.87. The van der Waals surface area contributed by atoms with Crippen molar-refractivity contribution in [2.75, 3.05) is 18.2 Å². The smallest absolute Gasteiger partial charge is 0.267 e. The lowest BCUT2D eigenvalue weighted by atomic mass is 10.1. The lowest BCUT2D eigenvalue weighted by molar-refractivity contribution is 0.103. The molecule has 2 heterocycles. The lowest BCUT2D eigenvalue weighted by Crippen LogP contribution is -2.11. The summed E-state index contributed by atoms with van der Waals surface area (Å²) in [5, 5.41) is 4.22. The van der Waals surface area contributed by atoms with Crippen LogP contribution in [0.2, 0.25) is 5.02 Å². The van der Waals surface area contributed by atoms with Gasteiger partial charge in [-0.15, -0.1) is 11.3 Å². The molecule has 0 atom stereocenters. The molecule has 3 rings (SSSR count). The topological polar surface area (TPSA) is 77.2 Å². The molecule has 0 unspecified atom stereocenters. The summed E-state index contributed by atoms with van der Waals surface area (Å²) in [6.07, 6.45) is 0. The molecule has 0 bridgehead atoms. The van der Waals surface area contributed by atoms with Crippen LogP contribution in [0.3, 0.4) is 0 Å². The summed E-state index contributed by atoms with van der Waals surface area (Å²) < 4.78 is 5.23. The Balaban J connectivity index is 2.00. The molecule has 0 aliphatic carbocycles. The lowest BCUT2D eigenvalue weighted by Gasteiger charge is -2.06. The maximum absolute atomic E-state index is 12.6. The number of nitrogen functional groups attached to an aromatic ring is 1. The quantitative estimate of drug-likeness (QED) is 0.728. The second kappa shape index (κ2) is 6.76. The van der Waals surface area contributed by atoms with Gasteiger partial charge in [0.1, 0.15) is 9.71 Å². The number of aromatic nitrogens is 1. The van der Waals surface area contributed by atoms with Crippen LogP contribution < -0.4 is 11.1 Å². The number of anilines is 2. The Kier molecular flexibility index (Phi) is 4.71. The Morgan fingerprint density at radius 2 is 2.08 bits per heavy atom. The van der Waals surface area contributed by atoms with Crippen molar-refractivity contribution in [2.24, 2.45) is 0 Å². The molecule has 2 aromatic heterocycles. The van der Waals surface area contributed by atoms with E-state index in [1.165, 1.54) is 11.3 Å². The Morgan fingerprint density at radius 3 is 2.75 bits per heavy atom. The van der Waals surface area contributed by atoms with E-state index in [2.05, 4.69) is 10.3 Å². The summed E-state index contributed by atoms with van der Waals surface area (Å²) in [7, 11) is 1.62. The standard InChI is InChI=1S/C17H16ClN3O2S/c1-9-7-10(8-23-2)13-14(19)15(24-17(13)20-9)16(22)21-12-5-3-11(18)4-6-12/h3-7H,8,19H2,1-2H3,(H,21,22). The van der Waals surface area contributed by atoms with Crippen molar-refractivity contribution in [1.29, 1.82) is 0 Å². The Labute approximate surface area is 148 Å². The number of rotatable bonds is 4. The molecular formula is C17H16ClN3O2S. The number of fused-ring (bicyclic) bond motifs is 1. The van der Waals surface area contributed by atoms with Gasteiger partial charge in [-0.2, -0.15) is 0 Å². The first-order valence-corrected chi connectivity index (χ1v) is 8.43. The van der Waals surface area contributed by atoms with Gasteiger partial charge in [0, 0.05) is 28.9 Å². The largest absolute Gasteiger partial charge is 0.397 e. The summed E-state index contributed by atoms with van der Waals surface area (Å²) >= 11 is 7.13. The van der Waals surface area contributed by atoms with Crippen molar-refractivity contribution in [1.82, 2.24) is 4.98 Å². The summed E-state index contributed by atoms with van der Waals surface area (Å²) in [6.45, 7) is 2.32. The number of benzene rings is 1. The molecule has 0 radical (unpaired) electrons. The van der Waals surface area contributed by atoms with Crippen molar-refractivity contribution < 1.29 is 9.53 Å². The number of thiophene rings is 1. The van der Waals surface area contributed by atoms with Crippen molar-refractivity contribution in [3.05, 3.63) is 51.5 Å². The normalized spacial score (nSPS) is 11.0. The highest BCUT2D eigenvalue weighted by molar-refractivity contribution is 7.21. The minimum Gasteiger partial charge on any atom is -0.397 e. The van der Waals surface area contributed by atoms with E-state index in [9.17, 15) is 4.79 Å². The van der Waals surface area contributed by atoms with Crippen molar-refractivity contribution in [3.63, 3.8) is 0 Å². The number of aryl methyl sites for hydroxylation is 1. The molecule has 24 heavy (non-hydrogen) atoms. The van der Waals surface area contributed by atoms with Crippen LogP contribution in [-0.2, 0) is 11.3 Å². The summed E-state index contributed by atoms with van der Waals surface area (Å²) in [6, 6.07) is 8.83. The van der Waals surface area contributed by atoms with E-state index >= 15 is 0 Å². The van der Waals surface area contributed by atoms with Gasteiger partial charge in [-0.3, -0.25) is 4.79 Å². The molecule has 1 amide bonds. The van der Waals surface area contributed by atoms with Gasteiger partial charge in [-0.05, 0) is 42.8 Å². The molecule has 124 valence electrons. The van der Waals surface area contributed by atoms with E-state index in [0.29, 0.717) is 27.9 Å². The van der Waals surface area contributed by atoms with Crippen molar-refractivity contribution in [3.8, 4) is 0 Å². The molecule has 3 N–H and O–H groups in total. The number of carbonyl (C=O) groups is 1. The SMILES string of the molecule is COCc1cc(C)nc2sc(C(=O)Nc3ccc(Cl)cc3)c(N)c12. The van der Waals surface area contributed by atoms with Gasteiger partial charge >= 0.3 is 0 Å². The maximum Gasteiger partial charge on any atom is 0.267 e. The van der Waals surface area contributed by atoms with E-state index in [-0.39, 0.29) is 5.91 Å². The summed E-state index contributed by atoms with van der Waals surface area (Å²) in [5.74, 6) is -0.265. The molecule has 0 saturated heterocycles. The minimum atomic E-state index is -0.265. The molecular weight excluding hydrogens is 346 g/mol. The van der Waals surface area contributed by atoms with E-state index in [1.54, 1.807) is 31.4 Å². The molecule has 5 nitrogen and oxygen atoms in total. The third-order valence-electron chi connectivity index (χ3n) is 3.52. The highest BCUT2D eigenvalue weighted by Gasteiger charge is 2.20. The summed E-state index contributed by atoms with van der Waals surface area (Å²) in [4.78, 5) is 18.2. The summed E-state index contributed by atoms with van der Waals surface area (Å²) in [5.41, 5.74) is 9.11. The van der Waals surface area contributed by atoms with Crippen molar-refractivity contribution in [2.45, 2.75) is 13.5 Å². The van der Waals surface area contributed by atoms with E-state index in [4.69, 9.17) is 22.1 Å². The number of amides is 1. The fraction of sp³-hybridized carbons (Fsp3) is 0.176. The number of halogens is 1. The zero-order valence-electron chi connectivity index (χ0n) is 13.2. The van der Waals surface area contributed by atoms with Gasteiger partial charge in [0.05, 0.1) is 12.3 Å². The van der Waals surface area contributed by atoms with Gasteiger partial charge in [0.25, 0.3) is 5.91 Å². The number of carbonyl (C=O) groups excluding carboxylic acids is 1. The van der Waals surface area contributed by atoms with Crippen LogP contribution in [0.4, 0.5) is 11.4 Å². The van der Waals surface area contributed by atoms with Gasteiger partial charge in [0.15, 0.2) is 0 Å². The number of nitrogens with one attached hydrogen (secondary N) is 1. The molecule has 1 aromatic carbocycles. The number of methoxy groups -OCH3 is 1. The van der Waals surface area contributed by atoms with Crippen LogP contribution in [0.15, 0.2) is 30.3 Å². The molecule has 3 aromatic rings. The average molecular weight is 362 g/mol. The second-order valence-corrected chi connectivity index (χ2v) is 6.78. The first kappa shape index (κ1) is 16.7. The first-order chi connectivity index (χ1) is 11.5. The second-order valence-electron chi connectivity index (χ2n) is 5.34. The van der Waals surface area contributed by atoms with E-state index in [0.717, 1.165) is 21.5 Å². The van der Waals surface area contributed by atoms with Crippen molar-refractivity contribution >= 4 is 50.4 Å². The van der Waals surface area contributed by atoms with Crippen LogP contribution in [-0.4, -0.2) is 18.0 Å². The molecule has 7 heteroatoms. The third kappa shape index (κ3) is 3.21. The average Bonchev–Trinajstić information content (AvgIpc) is 2.87. The Hall–Kier alpha value is -2.15.